The Morgan fingerprint density at radius 1 is 1.00 bits per heavy atom. The predicted molar refractivity (Wildman–Crippen MR) is 73.1 cm³/mol. The number of pyridine rings is 1. The number of aromatic nitrogens is 2. The van der Waals surface area contributed by atoms with Crippen LogP contribution in [0.3, 0.4) is 0 Å². The van der Waals surface area contributed by atoms with Crippen molar-refractivity contribution < 1.29 is 0 Å². The third kappa shape index (κ3) is 2.09. The molecule has 0 fully saturated rings. The zero-order chi connectivity index (χ0) is 13.1. The van der Waals surface area contributed by atoms with Gasteiger partial charge in [0.05, 0.1) is 5.69 Å². The summed E-state index contributed by atoms with van der Waals surface area (Å²) in [6.45, 7) is 0. The van der Waals surface area contributed by atoms with Crippen molar-refractivity contribution in [1.29, 1.82) is 5.26 Å². The van der Waals surface area contributed by atoms with Crippen molar-refractivity contribution in [1.82, 2.24) is 9.97 Å². The largest absolute Gasteiger partial charge is 0.324 e. The van der Waals surface area contributed by atoms with Gasteiger partial charge in [-0.3, -0.25) is 0 Å². The van der Waals surface area contributed by atoms with Gasteiger partial charge in [0.25, 0.3) is 0 Å². The van der Waals surface area contributed by atoms with E-state index in [2.05, 4.69) is 21.4 Å². The first-order chi connectivity index (χ1) is 9.38. The van der Waals surface area contributed by atoms with Gasteiger partial charge >= 0.3 is 0 Å². The van der Waals surface area contributed by atoms with E-state index in [-0.39, 0.29) is 0 Å². The summed E-state index contributed by atoms with van der Waals surface area (Å²) in [7, 11) is 0. The minimum atomic E-state index is 0.539. The topological polar surface area (TPSA) is 61.6 Å². The molecule has 3 rings (SSSR count). The molecule has 0 aromatic carbocycles. The molecule has 90 valence electrons. The summed E-state index contributed by atoms with van der Waals surface area (Å²) < 4.78 is 0. The van der Waals surface area contributed by atoms with Gasteiger partial charge in [0.2, 0.25) is 0 Å². The molecule has 1 aromatic rings. The molecule has 0 amide bonds. The molecule has 4 nitrogen and oxygen atoms in total. The maximum absolute atomic E-state index is 9.31. The van der Waals surface area contributed by atoms with Crippen molar-refractivity contribution in [3.05, 3.63) is 60.3 Å². The Morgan fingerprint density at radius 3 is 2.63 bits per heavy atom. The molecular weight excluding hydrogens is 236 g/mol. The van der Waals surface area contributed by atoms with Gasteiger partial charge in [-0.1, -0.05) is 30.3 Å². The number of nitrogens with zero attached hydrogens (tertiary/aromatic N) is 3. The Morgan fingerprint density at radius 2 is 1.84 bits per heavy atom. The first kappa shape index (κ1) is 11.2. The molecule has 4 heteroatoms. The smallest absolute Gasteiger partial charge is 0.150 e. The molecule has 0 saturated heterocycles. The fraction of sp³-hybridized carbons (Fsp3) is 0. The van der Waals surface area contributed by atoms with Crippen LogP contribution in [0.1, 0.15) is 5.56 Å². The monoisotopic (exact) mass is 246 g/mol. The quantitative estimate of drug-likeness (QED) is 0.754. The van der Waals surface area contributed by atoms with E-state index in [1.807, 2.05) is 48.5 Å². The van der Waals surface area contributed by atoms with E-state index in [1.165, 1.54) is 0 Å². The van der Waals surface area contributed by atoms with Crippen molar-refractivity contribution in [2.75, 3.05) is 5.32 Å². The summed E-state index contributed by atoms with van der Waals surface area (Å²) in [5.74, 6) is 1.22. The maximum Gasteiger partial charge on any atom is 0.150 e. The van der Waals surface area contributed by atoms with Gasteiger partial charge in [-0.15, -0.1) is 0 Å². The Balaban J connectivity index is 2.10. The second kappa shape index (κ2) is 4.75. The first-order valence-corrected chi connectivity index (χ1v) is 5.85. The van der Waals surface area contributed by atoms with Crippen LogP contribution in [0.5, 0.6) is 0 Å². The lowest BCUT2D eigenvalue weighted by atomic mass is 10.1. The van der Waals surface area contributed by atoms with Crippen LogP contribution in [0.25, 0.3) is 11.3 Å². The highest BCUT2D eigenvalue weighted by molar-refractivity contribution is 5.79. The Labute approximate surface area is 110 Å². The summed E-state index contributed by atoms with van der Waals surface area (Å²) in [5.41, 5.74) is 2.17. The van der Waals surface area contributed by atoms with Crippen LogP contribution >= 0.6 is 0 Å². The molecule has 19 heavy (non-hydrogen) atoms. The van der Waals surface area contributed by atoms with E-state index in [1.54, 1.807) is 6.20 Å². The van der Waals surface area contributed by atoms with Gasteiger partial charge in [-0.05, 0) is 18.2 Å². The van der Waals surface area contributed by atoms with E-state index in [0.717, 1.165) is 11.3 Å². The number of hydrogen-bond donors (Lipinski definition) is 1. The fourth-order valence-corrected chi connectivity index (χ4v) is 1.91. The van der Waals surface area contributed by atoms with Gasteiger partial charge in [0, 0.05) is 11.8 Å². The highest BCUT2D eigenvalue weighted by Crippen LogP contribution is 2.31. The van der Waals surface area contributed by atoms with E-state index < -0.39 is 0 Å². The number of nitriles is 1. The third-order valence-electron chi connectivity index (χ3n) is 2.78. The average molecular weight is 246 g/mol. The van der Waals surface area contributed by atoms with Gasteiger partial charge in [0.1, 0.15) is 17.5 Å². The fourth-order valence-electron chi connectivity index (χ4n) is 1.91. The number of rotatable bonds is 2. The molecule has 1 aromatic heterocycles. The van der Waals surface area contributed by atoms with Crippen LogP contribution in [0, 0.1) is 11.3 Å². The lowest BCUT2D eigenvalue weighted by Gasteiger charge is -2.01. The zero-order valence-electron chi connectivity index (χ0n) is 10.0. The summed E-state index contributed by atoms with van der Waals surface area (Å²) in [4.78, 5) is 8.62. The average Bonchev–Trinajstić information content (AvgIpc) is 2.61. The molecule has 0 atom stereocenters. The highest BCUT2D eigenvalue weighted by atomic mass is 15.1. The van der Waals surface area contributed by atoms with Crippen molar-refractivity contribution in [2.45, 2.75) is 0 Å². The van der Waals surface area contributed by atoms with Crippen molar-refractivity contribution in [3.63, 3.8) is 0 Å². The van der Waals surface area contributed by atoms with Crippen LogP contribution in [-0.4, -0.2) is 9.97 Å². The second-order valence-electron chi connectivity index (χ2n) is 4.00. The van der Waals surface area contributed by atoms with E-state index in [0.29, 0.717) is 17.2 Å². The predicted octanol–water partition coefficient (Wildman–Crippen LogP) is 3.20. The second-order valence-corrected chi connectivity index (χ2v) is 4.00. The van der Waals surface area contributed by atoms with Crippen LogP contribution < -0.4 is 5.32 Å². The molecule has 0 saturated carbocycles. The lowest BCUT2D eigenvalue weighted by molar-refractivity contribution is 1.28. The molecule has 0 spiro atoms. The van der Waals surface area contributed by atoms with Crippen LogP contribution in [0.15, 0.2) is 54.7 Å². The SMILES string of the molecule is N#Cc1c2cccccc-2nc1Nc1ccccn1. The molecule has 2 aliphatic rings. The normalized spacial score (nSPS) is 10.1. The molecular formula is C15H10N4. The lowest BCUT2D eigenvalue weighted by Crippen LogP contribution is -1.94. The minimum absolute atomic E-state index is 0.539. The first-order valence-electron chi connectivity index (χ1n) is 5.85. The van der Waals surface area contributed by atoms with E-state index >= 15 is 0 Å². The Kier molecular flexibility index (Phi) is 2.79. The minimum Gasteiger partial charge on any atom is -0.324 e. The number of hydrogen-bond acceptors (Lipinski definition) is 4. The molecule has 1 aliphatic heterocycles. The van der Waals surface area contributed by atoms with Crippen LogP contribution in [-0.2, 0) is 0 Å². The molecule has 1 aliphatic carbocycles. The molecule has 0 bridgehead atoms. The van der Waals surface area contributed by atoms with Gasteiger partial charge in [-0.2, -0.15) is 5.26 Å². The zero-order valence-corrected chi connectivity index (χ0v) is 10.0. The Bertz CT molecular complexity index is 716. The van der Waals surface area contributed by atoms with Gasteiger partial charge in [0.15, 0.2) is 5.82 Å². The number of nitrogens with one attached hydrogen (secondary N) is 1. The summed E-state index contributed by atoms with van der Waals surface area (Å²) in [5, 5.41) is 12.4. The van der Waals surface area contributed by atoms with Gasteiger partial charge in [-0.25, -0.2) is 9.97 Å². The highest BCUT2D eigenvalue weighted by Gasteiger charge is 2.16. The molecule has 0 radical (unpaired) electrons. The third-order valence-corrected chi connectivity index (χ3v) is 2.78. The maximum atomic E-state index is 9.31. The molecule has 1 N–H and O–H groups in total. The van der Waals surface area contributed by atoms with Crippen LogP contribution in [0.2, 0.25) is 0 Å². The molecule has 0 unspecified atom stereocenters. The van der Waals surface area contributed by atoms with E-state index in [4.69, 9.17) is 0 Å². The van der Waals surface area contributed by atoms with Crippen molar-refractivity contribution in [3.8, 4) is 17.3 Å². The Hall–Kier alpha value is -2.93. The standard InChI is InChI=1S/C15H10N4/c16-10-12-11-6-2-1-3-7-13(11)18-15(12)19-14-8-4-5-9-17-14/h1-9H,(H,17,18,19). The van der Waals surface area contributed by atoms with Gasteiger partial charge < -0.3 is 5.32 Å². The molecule has 2 heterocycles. The number of fused-ring (bicyclic) bond motifs is 1. The summed E-state index contributed by atoms with van der Waals surface area (Å²) >= 11 is 0. The van der Waals surface area contributed by atoms with Crippen molar-refractivity contribution >= 4 is 11.6 Å². The summed E-state index contributed by atoms with van der Waals surface area (Å²) in [6.07, 6.45) is 1.69. The van der Waals surface area contributed by atoms with E-state index in [9.17, 15) is 5.26 Å². The summed E-state index contributed by atoms with van der Waals surface area (Å²) in [6, 6.07) is 17.2. The van der Waals surface area contributed by atoms with Crippen molar-refractivity contribution in [2.24, 2.45) is 0 Å². The number of anilines is 2. The van der Waals surface area contributed by atoms with Crippen LogP contribution in [0.4, 0.5) is 11.6 Å².